The van der Waals surface area contributed by atoms with E-state index in [9.17, 15) is 0 Å². The number of anilines is 1. The number of aryl methyl sites for hydroxylation is 2. The van der Waals surface area contributed by atoms with E-state index in [1.165, 1.54) is 18.4 Å². The monoisotopic (exact) mass is 297 g/mol. The number of nitrogens with zero attached hydrogens (tertiary/aromatic N) is 4. The van der Waals surface area contributed by atoms with Gasteiger partial charge in [-0.2, -0.15) is 0 Å². The minimum Gasteiger partial charge on any atom is -0.366 e. The summed E-state index contributed by atoms with van der Waals surface area (Å²) in [5, 5.41) is 3.54. The summed E-state index contributed by atoms with van der Waals surface area (Å²) in [4.78, 5) is 15.3. The lowest BCUT2D eigenvalue weighted by molar-refractivity contribution is 0.208. The Hall–Kier alpha value is -2.01. The van der Waals surface area contributed by atoms with E-state index in [1.807, 2.05) is 25.3 Å². The number of hydrogen-bond donors (Lipinski definition) is 1. The van der Waals surface area contributed by atoms with Crippen LogP contribution in [0.25, 0.3) is 0 Å². The van der Waals surface area contributed by atoms with Gasteiger partial charge in [0.05, 0.1) is 0 Å². The van der Waals surface area contributed by atoms with E-state index in [2.05, 4.69) is 38.2 Å². The molecule has 1 fully saturated rings. The molecule has 5 heteroatoms. The molecular formula is C17H23N5. The fraction of sp³-hybridized carbons (Fsp3) is 0.471. The highest BCUT2D eigenvalue weighted by atomic mass is 15.2. The topological polar surface area (TPSA) is 53.9 Å². The van der Waals surface area contributed by atoms with Crippen molar-refractivity contribution in [2.24, 2.45) is 0 Å². The second-order valence-electron chi connectivity index (χ2n) is 6.01. The average Bonchev–Trinajstić information content (AvgIpc) is 2.50. The van der Waals surface area contributed by atoms with Crippen LogP contribution in [0.3, 0.4) is 0 Å². The van der Waals surface area contributed by atoms with Crippen LogP contribution >= 0.6 is 0 Å². The highest BCUT2D eigenvalue weighted by Gasteiger charge is 2.20. The molecule has 0 saturated carbocycles. The average molecular weight is 297 g/mol. The van der Waals surface area contributed by atoms with Crippen molar-refractivity contribution in [1.82, 2.24) is 19.9 Å². The first-order chi connectivity index (χ1) is 10.7. The van der Waals surface area contributed by atoms with Crippen LogP contribution in [0.2, 0.25) is 0 Å². The van der Waals surface area contributed by atoms with E-state index in [0.717, 1.165) is 36.8 Å². The minimum absolute atomic E-state index is 0.444. The van der Waals surface area contributed by atoms with E-state index in [-0.39, 0.29) is 0 Å². The highest BCUT2D eigenvalue weighted by molar-refractivity contribution is 5.35. The van der Waals surface area contributed by atoms with Crippen LogP contribution in [0, 0.1) is 13.8 Å². The van der Waals surface area contributed by atoms with Crippen molar-refractivity contribution in [2.45, 2.75) is 39.3 Å². The molecule has 1 atom stereocenters. The van der Waals surface area contributed by atoms with Crippen molar-refractivity contribution in [3.63, 3.8) is 0 Å². The Bertz CT molecular complexity index is 628. The van der Waals surface area contributed by atoms with Crippen LogP contribution in [0.1, 0.15) is 29.8 Å². The normalized spacial score (nSPS) is 19.1. The van der Waals surface area contributed by atoms with Gasteiger partial charge in [-0.15, -0.1) is 0 Å². The number of likely N-dealkylation sites (tertiary alicyclic amines) is 1. The Balaban J connectivity index is 1.61. The maximum Gasteiger partial charge on any atom is 0.129 e. The first kappa shape index (κ1) is 14.9. The number of nitrogens with one attached hydrogen (secondary N) is 1. The molecule has 0 aliphatic carbocycles. The number of hydrogen-bond acceptors (Lipinski definition) is 5. The molecule has 1 aliphatic heterocycles. The van der Waals surface area contributed by atoms with Gasteiger partial charge in [0.25, 0.3) is 0 Å². The maximum absolute atomic E-state index is 4.38. The van der Waals surface area contributed by atoms with E-state index < -0.39 is 0 Å². The predicted molar refractivity (Wildman–Crippen MR) is 87.7 cm³/mol. The number of piperidine rings is 1. The Kier molecular flexibility index (Phi) is 4.63. The smallest absolute Gasteiger partial charge is 0.129 e. The third-order valence-electron chi connectivity index (χ3n) is 4.17. The summed E-state index contributed by atoms with van der Waals surface area (Å²) in [6.07, 6.45) is 5.88. The minimum atomic E-state index is 0.444. The fourth-order valence-corrected chi connectivity index (χ4v) is 2.99. The van der Waals surface area contributed by atoms with Crippen molar-refractivity contribution in [3.8, 4) is 0 Å². The fourth-order valence-electron chi connectivity index (χ4n) is 2.99. The first-order valence-corrected chi connectivity index (χ1v) is 7.89. The molecule has 1 unspecified atom stereocenters. The maximum atomic E-state index is 4.38. The molecular weight excluding hydrogens is 274 g/mol. The van der Waals surface area contributed by atoms with E-state index in [0.29, 0.717) is 6.04 Å². The van der Waals surface area contributed by atoms with Crippen LogP contribution in [0.5, 0.6) is 0 Å². The summed E-state index contributed by atoms with van der Waals surface area (Å²) in [5.74, 6) is 0.928. The molecule has 0 aromatic carbocycles. The van der Waals surface area contributed by atoms with Gasteiger partial charge in [0.2, 0.25) is 0 Å². The molecule has 3 rings (SSSR count). The molecule has 1 aliphatic rings. The molecule has 2 aromatic rings. The van der Waals surface area contributed by atoms with E-state index >= 15 is 0 Å². The Morgan fingerprint density at radius 3 is 3.00 bits per heavy atom. The van der Waals surface area contributed by atoms with Gasteiger partial charge in [-0.25, -0.2) is 9.97 Å². The van der Waals surface area contributed by atoms with Crippen molar-refractivity contribution in [2.75, 3.05) is 18.4 Å². The summed E-state index contributed by atoms with van der Waals surface area (Å²) >= 11 is 0. The molecule has 0 radical (unpaired) electrons. The van der Waals surface area contributed by atoms with Crippen LogP contribution in [0.4, 0.5) is 5.82 Å². The third-order valence-corrected chi connectivity index (χ3v) is 4.17. The SMILES string of the molecule is Cc1cc(NC2CCCN(Cc3cccnc3C)C2)ncn1. The van der Waals surface area contributed by atoms with Gasteiger partial charge in [0.15, 0.2) is 0 Å². The van der Waals surface area contributed by atoms with Gasteiger partial charge in [0, 0.05) is 42.8 Å². The lowest BCUT2D eigenvalue weighted by atomic mass is 10.0. The second kappa shape index (κ2) is 6.83. The van der Waals surface area contributed by atoms with Gasteiger partial charge in [-0.05, 0) is 44.9 Å². The zero-order valence-corrected chi connectivity index (χ0v) is 13.3. The van der Waals surface area contributed by atoms with Crippen molar-refractivity contribution in [3.05, 3.63) is 47.7 Å². The molecule has 1 N–H and O–H groups in total. The predicted octanol–water partition coefficient (Wildman–Crippen LogP) is 2.56. The highest BCUT2D eigenvalue weighted by Crippen LogP contribution is 2.17. The van der Waals surface area contributed by atoms with Gasteiger partial charge in [-0.3, -0.25) is 9.88 Å². The van der Waals surface area contributed by atoms with Crippen LogP contribution in [0.15, 0.2) is 30.7 Å². The Labute approximate surface area is 131 Å². The van der Waals surface area contributed by atoms with Crippen LogP contribution < -0.4 is 5.32 Å². The second-order valence-corrected chi connectivity index (χ2v) is 6.01. The molecule has 3 heterocycles. The summed E-state index contributed by atoms with van der Waals surface area (Å²) in [5.41, 5.74) is 3.45. The summed E-state index contributed by atoms with van der Waals surface area (Å²) in [6, 6.07) is 6.64. The van der Waals surface area contributed by atoms with Crippen molar-refractivity contribution < 1.29 is 0 Å². The summed E-state index contributed by atoms with van der Waals surface area (Å²) < 4.78 is 0. The number of pyridine rings is 1. The molecule has 2 aromatic heterocycles. The first-order valence-electron chi connectivity index (χ1n) is 7.89. The summed E-state index contributed by atoms with van der Waals surface area (Å²) in [7, 11) is 0. The van der Waals surface area contributed by atoms with E-state index in [4.69, 9.17) is 0 Å². The lowest BCUT2D eigenvalue weighted by Crippen LogP contribution is -2.41. The van der Waals surface area contributed by atoms with Crippen LogP contribution in [-0.4, -0.2) is 39.0 Å². The van der Waals surface area contributed by atoms with Gasteiger partial charge < -0.3 is 5.32 Å². The Morgan fingerprint density at radius 2 is 2.18 bits per heavy atom. The number of rotatable bonds is 4. The third kappa shape index (κ3) is 3.80. The lowest BCUT2D eigenvalue weighted by Gasteiger charge is -2.33. The molecule has 22 heavy (non-hydrogen) atoms. The molecule has 0 amide bonds. The molecule has 116 valence electrons. The Morgan fingerprint density at radius 1 is 1.27 bits per heavy atom. The largest absolute Gasteiger partial charge is 0.366 e. The quantitative estimate of drug-likeness (QED) is 0.940. The molecule has 1 saturated heterocycles. The summed E-state index contributed by atoms with van der Waals surface area (Å²) in [6.45, 7) is 7.23. The molecule has 5 nitrogen and oxygen atoms in total. The van der Waals surface area contributed by atoms with Crippen molar-refractivity contribution >= 4 is 5.82 Å². The van der Waals surface area contributed by atoms with E-state index in [1.54, 1.807) is 6.33 Å². The van der Waals surface area contributed by atoms with Gasteiger partial charge in [0.1, 0.15) is 12.1 Å². The zero-order chi connectivity index (χ0) is 15.4. The van der Waals surface area contributed by atoms with Gasteiger partial charge >= 0.3 is 0 Å². The van der Waals surface area contributed by atoms with Gasteiger partial charge in [-0.1, -0.05) is 6.07 Å². The standard InChI is InChI=1S/C17H23N5/c1-13-9-17(20-12-19-13)21-16-6-4-8-22(11-16)10-15-5-3-7-18-14(15)2/h3,5,7,9,12,16H,4,6,8,10-11H2,1-2H3,(H,19,20,21). The zero-order valence-electron chi connectivity index (χ0n) is 13.3. The molecule has 0 bridgehead atoms. The molecule has 0 spiro atoms. The van der Waals surface area contributed by atoms with Crippen molar-refractivity contribution in [1.29, 1.82) is 0 Å². The van der Waals surface area contributed by atoms with Crippen LogP contribution in [-0.2, 0) is 6.54 Å². The number of aromatic nitrogens is 3.